The zero-order chi connectivity index (χ0) is 14.3. The summed E-state index contributed by atoms with van der Waals surface area (Å²) in [5, 5.41) is 0. The number of rotatable bonds is 1. The van der Waals surface area contributed by atoms with E-state index in [2.05, 4.69) is 51.3 Å². The Labute approximate surface area is 123 Å². The molecule has 2 aliphatic rings. The van der Waals surface area contributed by atoms with Gasteiger partial charge in [-0.15, -0.1) is 0 Å². The molecule has 1 fully saturated rings. The molecule has 0 unspecified atom stereocenters. The standard InChI is InChI=1S/C17H16FN3/c18-14-11-19-16(20-12-14)21-9-7-17(8-10-21)6-5-13-3-1-2-4-15(13)17/h1-6,11-12H,7-10H2. The predicted octanol–water partition coefficient (Wildman–Crippen LogP) is 3.18. The molecule has 1 spiro atoms. The number of piperidine rings is 1. The number of halogens is 1. The Hall–Kier alpha value is -2.23. The summed E-state index contributed by atoms with van der Waals surface area (Å²) in [6, 6.07) is 8.61. The second kappa shape index (κ2) is 4.65. The fraction of sp³-hybridized carbons (Fsp3) is 0.294. The van der Waals surface area contributed by atoms with Gasteiger partial charge in [0.1, 0.15) is 0 Å². The van der Waals surface area contributed by atoms with E-state index < -0.39 is 0 Å². The first-order valence-electron chi connectivity index (χ1n) is 7.28. The van der Waals surface area contributed by atoms with Crippen LogP contribution >= 0.6 is 0 Å². The van der Waals surface area contributed by atoms with Crippen LogP contribution in [0.15, 0.2) is 42.7 Å². The highest BCUT2D eigenvalue weighted by molar-refractivity contribution is 5.65. The zero-order valence-corrected chi connectivity index (χ0v) is 11.7. The van der Waals surface area contributed by atoms with E-state index in [1.54, 1.807) is 0 Å². The first kappa shape index (κ1) is 12.5. The Bertz CT molecular complexity index is 685. The second-order valence-corrected chi connectivity index (χ2v) is 5.77. The molecule has 0 atom stereocenters. The van der Waals surface area contributed by atoms with Crippen LogP contribution in [0.5, 0.6) is 0 Å². The van der Waals surface area contributed by atoms with E-state index in [-0.39, 0.29) is 11.2 Å². The quantitative estimate of drug-likeness (QED) is 0.804. The van der Waals surface area contributed by atoms with Crippen LogP contribution in [0.3, 0.4) is 0 Å². The average molecular weight is 281 g/mol. The second-order valence-electron chi connectivity index (χ2n) is 5.77. The summed E-state index contributed by atoms with van der Waals surface area (Å²) < 4.78 is 12.9. The van der Waals surface area contributed by atoms with Gasteiger partial charge in [0, 0.05) is 18.5 Å². The molecular weight excluding hydrogens is 265 g/mol. The first-order valence-corrected chi connectivity index (χ1v) is 7.28. The number of hydrogen-bond acceptors (Lipinski definition) is 3. The van der Waals surface area contributed by atoms with Crippen molar-refractivity contribution in [1.29, 1.82) is 0 Å². The molecule has 0 bridgehead atoms. The lowest BCUT2D eigenvalue weighted by Crippen LogP contribution is -2.41. The Balaban J connectivity index is 1.55. The Morgan fingerprint density at radius 2 is 1.76 bits per heavy atom. The Morgan fingerprint density at radius 3 is 2.52 bits per heavy atom. The molecule has 2 aromatic rings. The summed E-state index contributed by atoms with van der Waals surface area (Å²) in [6.45, 7) is 1.79. The molecule has 1 saturated heterocycles. The number of hydrogen-bond donors (Lipinski definition) is 0. The highest BCUT2D eigenvalue weighted by Gasteiger charge is 2.38. The van der Waals surface area contributed by atoms with E-state index in [0.717, 1.165) is 25.9 Å². The van der Waals surface area contributed by atoms with E-state index in [9.17, 15) is 4.39 Å². The highest BCUT2D eigenvalue weighted by Crippen LogP contribution is 2.43. The van der Waals surface area contributed by atoms with Crippen molar-refractivity contribution >= 4 is 12.0 Å². The van der Waals surface area contributed by atoms with Gasteiger partial charge in [0.05, 0.1) is 12.4 Å². The van der Waals surface area contributed by atoms with Crippen LogP contribution in [0.4, 0.5) is 10.3 Å². The summed E-state index contributed by atoms with van der Waals surface area (Å²) in [4.78, 5) is 10.3. The highest BCUT2D eigenvalue weighted by atomic mass is 19.1. The zero-order valence-electron chi connectivity index (χ0n) is 11.7. The van der Waals surface area contributed by atoms with Gasteiger partial charge < -0.3 is 4.90 Å². The molecule has 3 nitrogen and oxygen atoms in total. The molecule has 2 heterocycles. The van der Waals surface area contributed by atoms with Crippen LogP contribution < -0.4 is 4.90 Å². The fourth-order valence-electron chi connectivity index (χ4n) is 3.45. The SMILES string of the molecule is Fc1cnc(N2CCC3(C=Cc4ccccc43)CC2)nc1. The van der Waals surface area contributed by atoms with Gasteiger partial charge in [0.2, 0.25) is 5.95 Å². The Kier molecular flexibility index (Phi) is 2.77. The molecule has 1 aliphatic carbocycles. The lowest BCUT2D eigenvalue weighted by atomic mass is 9.74. The number of benzene rings is 1. The third-order valence-electron chi connectivity index (χ3n) is 4.62. The molecule has 0 saturated carbocycles. The van der Waals surface area contributed by atoms with E-state index >= 15 is 0 Å². The van der Waals surface area contributed by atoms with Crippen molar-refractivity contribution in [1.82, 2.24) is 9.97 Å². The maximum absolute atomic E-state index is 12.9. The number of aromatic nitrogens is 2. The summed E-state index contributed by atoms with van der Waals surface area (Å²) in [6.07, 6.45) is 9.14. The minimum absolute atomic E-state index is 0.160. The van der Waals surface area contributed by atoms with E-state index in [0.29, 0.717) is 5.95 Å². The van der Waals surface area contributed by atoms with Crippen LogP contribution in [0.1, 0.15) is 24.0 Å². The molecule has 0 amide bonds. The van der Waals surface area contributed by atoms with E-state index in [4.69, 9.17) is 0 Å². The van der Waals surface area contributed by atoms with Crippen molar-refractivity contribution in [2.75, 3.05) is 18.0 Å². The van der Waals surface area contributed by atoms with Crippen molar-refractivity contribution < 1.29 is 4.39 Å². The monoisotopic (exact) mass is 281 g/mol. The van der Waals surface area contributed by atoms with Gasteiger partial charge >= 0.3 is 0 Å². The minimum Gasteiger partial charge on any atom is -0.341 e. The molecule has 4 rings (SSSR count). The third-order valence-corrected chi connectivity index (χ3v) is 4.62. The number of anilines is 1. The van der Waals surface area contributed by atoms with Gasteiger partial charge in [0.25, 0.3) is 0 Å². The average Bonchev–Trinajstić information content (AvgIpc) is 2.88. The molecule has 1 aromatic carbocycles. The lowest BCUT2D eigenvalue weighted by molar-refractivity contribution is 0.407. The van der Waals surface area contributed by atoms with Crippen LogP contribution in [-0.4, -0.2) is 23.1 Å². The molecule has 4 heteroatoms. The summed E-state index contributed by atoms with van der Waals surface area (Å²) in [7, 11) is 0. The van der Waals surface area contributed by atoms with E-state index in [1.807, 2.05) is 0 Å². The molecule has 21 heavy (non-hydrogen) atoms. The van der Waals surface area contributed by atoms with Crippen LogP contribution in [-0.2, 0) is 5.41 Å². The minimum atomic E-state index is -0.389. The molecule has 106 valence electrons. The topological polar surface area (TPSA) is 29.0 Å². The van der Waals surface area contributed by atoms with Crippen molar-refractivity contribution in [3.8, 4) is 0 Å². The van der Waals surface area contributed by atoms with Gasteiger partial charge in [-0.25, -0.2) is 14.4 Å². The van der Waals surface area contributed by atoms with Crippen molar-refractivity contribution in [2.24, 2.45) is 0 Å². The van der Waals surface area contributed by atoms with Crippen LogP contribution in [0.25, 0.3) is 6.08 Å². The lowest BCUT2D eigenvalue weighted by Gasteiger charge is -2.39. The van der Waals surface area contributed by atoms with Crippen molar-refractivity contribution in [2.45, 2.75) is 18.3 Å². The molecule has 0 N–H and O–H groups in total. The van der Waals surface area contributed by atoms with Crippen molar-refractivity contribution in [3.05, 3.63) is 59.7 Å². The van der Waals surface area contributed by atoms with Gasteiger partial charge in [-0.1, -0.05) is 36.4 Å². The van der Waals surface area contributed by atoms with Gasteiger partial charge in [-0.2, -0.15) is 0 Å². The fourth-order valence-corrected chi connectivity index (χ4v) is 3.45. The van der Waals surface area contributed by atoms with Crippen molar-refractivity contribution in [3.63, 3.8) is 0 Å². The Morgan fingerprint density at radius 1 is 1.05 bits per heavy atom. The third kappa shape index (κ3) is 2.02. The predicted molar refractivity (Wildman–Crippen MR) is 80.6 cm³/mol. The van der Waals surface area contributed by atoms with Gasteiger partial charge in [-0.3, -0.25) is 0 Å². The van der Waals surface area contributed by atoms with Crippen LogP contribution in [0.2, 0.25) is 0 Å². The molecule has 1 aromatic heterocycles. The number of allylic oxidation sites excluding steroid dienone is 1. The number of fused-ring (bicyclic) bond motifs is 2. The molecule has 0 radical (unpaired) electrons. The van der Waals surface area contributed by atoms with Crippen LogP contribution in [0, 0.1) is 5.82 Å². The normalized spacial score (nSPS) is 19.0. The summed E-state index contributed by atoms with van der Waals surface area (Å²) in [5.74, 6) is 0.237. The van der Waals surface area contributed by atoms with Gasteiger partial charge in [0.15, 0.2) is 5.82 Å². The smallest absolute Gasteiger partial charge is 0.225 e. The van der Waals surface area contributed by atoms with E-state index in [1.165, 1.54) is 23.5 Å². The van der Waals surface area contributed by atoms with Gasteiger partial charge in [-0.05, 0) is 24.0 Å². The summed E-state index contributed by atoms with van der Waals surface area (Å²) in [5.41, 5.74) is 2.93. The summed E-state index contributed by atoms with van der Waals surface area (Å²) >= 11 is 0. The maximum Gasteiger partial charge on any atom is 0.225 e. The molecular formula is C17H16FN3. The molecule has 1 aliphatic heterocycles. The number of nitrogens with zero attached hydrogens (tertiary/aromatic N) is 3. The maximum atomic E-state index is 12.9. The first-order chi connectivity index (χ1) is 10.3. The largest absolute Gasteiger partial charge is 0.341 e.